The lowest BCUT2D eigenvalue weighted by molar-refractivity contribution is -0.143. The molecule has 2 aromatic carbocycles. The normalized spacial score (nSPS) is 14.9. The minimum atomic E-state index is -0.795. The molecule has 224 valence electrons. The second-order valence-electron chi connectivity index (χ2n) is 10.2. The molecule has 1 atom stereocenters. The maximum atomic E-state index is 14.0. The summed E-state index contributed by atoms with van der Waals surface area (Å²) >= 11 is 1.22. The van der Waals surface area contributed by atoms with Crippen LogP contribution < -0.4 is 29.1 Å². The number of carbonyl (C=O) groups excluding carboxylic acids is 1. The van der Waals surface area contributed by atoms with E-state index in [1.165, 1.54) is 22.0 Å². The van der Waals surface area contributed by atoms with Crippen molar-refractivity contribution in [2.24, 2.45) is 4.99 Å². The number of hydrogen-bond acceptors (Lipinski definition) is 9. The number of phenolic OH excluding ortho intramolecular Hbond substituents is 1. The van der Waals surface area contributed by atoms with Gasteiger partial charge in [-0.05, 0) is 75.6 Å². The molecular formula is C32H38N2O7S. The van der Waals surface area contributed by atoms with Crippen molar-refractivity contribution in [2.75, 3.05) is 20.3 Å². The molecule has 3 aromatic rings. The van der Waals surface area contributed by atoms with Gasteiger partial charge in [-0.25, -0.2) is 9.79 Å². The van der Waals surface area contributed by atoms with Gasteiger partial charge in [0.2, 0.25) is 0 Å². The summed E-state index contributed by atoms with van der Waals surface area (Å²) in [5.41, 5.74) is 1.79. The van der Waals surface area contributed by atoms with Crippen LogP contribution >= 0.6 is 11.3 Å². The van der Waals surface area contributed by atoms with Gasteiger partial charge in [0.15, 0.2) is 27.8 Å². The van der Waals surface area contributed by atoms with Gasteiger partial charge < -0.3 is 24.1 Å². The number of thiazole rings is 1. The van der Waals surface area contributed by atoms with E-state index in [0.29, 0.717) is 56.6 Å². The zero-order valence-electron chi connectivity index (χ0n) is 24.9. The number of esters is 1. The molecule has 0 fully saturated rings. The van der Waals surface area contributed by atoms with Crippen LogP contribution in [0, 0.1) is 0 Å². The van der Waals surface area contributed by atoms with Crippen LogP contribution in [0.3, 0.4) is 0 Å². The van der Waals surface area contributed by atoms with Gasteiger partial charge in [0.1, 0.15) is 0 Å². The van der Waals surface area contributed by atoms with Crippen LogP contribution in [-0.2, 0) is 9.53 Å². The van der Waals surface area contributed by atoms with Crippen LogP contribution in [0.15, 0.2) is 57.5 Å². The standard InChI is InChI=1S/C32H38N2O7S/c1-7-9-10-15-40-24-14-12-22(18-26(24)38-6)29-28(31(37)41-19(3)4)20(5)33-32-34(29)30(36)27(42-32)17-21-11-13-23(35)25(16-21)39-8-2/h11-14,16-19,29,35H,7-10,15H2,1-6H3/b27-17-. The Kier molecular flexibility index (Phi) is 10.1. The van der Waals surface area contributed by atoms with Crippen LogP contribution in [-0.4, -0.2) is 42.1 Å². The first-order valence-electron chi connectivity index (χ1n) is 14.2. The van der Waals surface area contributed by atoms with Crippen molar-refractivity contribution in [3.63, 3.8) is 0 Å². The van der Waals surface area contributed by atoms with Crippen LogP contribution in [0.1, 0.15) is 71.0 Å². The van der Waals surface area contributed by atoms with E-state index in [4.69, 9.17) is 18.9 Å². The molecule has 0 saturated carbocycles. The topological polar surface area (TPSA) is 109 Å². The molecule has 0 bridgehead atoms. The number of allylic oxidation sites excluding steroid dienone is 1. The quantitative estimate of drug-likeness (QED) is 0.235. The number of rotatable bonds is 12. The van der Waals surface area contributed by atoms with Gasteiger partial charge in [-0.1, -0.05) is 43.2 Å². The second-order valence-corrected chi connectivity index (χ2v) is 11.2. The Morgan fingerprint density at radius 1 is 1.10 bits per heavy atom. The van der Waals surface area contributed by atoms with Crippen molar-refractivity contribution >= 4 is 23.4 Å². The lowest BCUT2D eigenvalue weighted by Crippen LogP contribution is -2.40. The van der Waals surface area contributed by atoms with Gasteiger partial charge in [-0.15, -0.1) is 0 Å². The largest absolute Gasteiger partial charge is 0.504 e. The lowest BCUT2D eigenvalue weighted by Gasteiger charge is -2.26. The average Bonchev–Trinajstić information content (AvgIpc) is 3.25. The van der Waals surface area contributed by atoms with Crippen molar-refractivity contribution in [3.8, 4) is 23.0 Å². The molecule has 1 aliphatic rings. The van der Waals surface area contributed by atoms with Crippen LogP contribution in [0.4, 0.5) is 0 Å². The minimum absolute atomic E-state index is 0.0196. The molecule has 0 radical (unpaired) electrons. The number of unbranched alkanes of at least 4 members (excludes halogenated alkanes) is 2. The Morgan fingerprint density at radius 2 is 1.88 bits per heavy atom. The monoisotopic (exact) mass is 594 g/mol. The van der Waals surface area contributed by atoms with E-state index in [1.807, 2.05) is 19.1 Å². The summed E-state index contributed by atoms with van der Waals surface area (Å²) in [6.07, 6.45) is 4.45. The summed E-state index contributed by atoms with van der Waals surface area (Å²) in [5, 5.41) is 10.1. The molecule has 2 heterocycles. The molecule has 10 heteroatoms. The lowest BCUT2D eigenvalue weighted by atomic mass is 9.95. The van der Waals surface area contributed by atoms with E-state index in [-0.39, 0.29) is 23.0 Å². The molecule has 0 amide bonds. The number of hydrogen-bond donors (Lipinski definition) is 1. The van der Waals surface area contributed by atoms with Gasteiger partial charge in [0.05, 0.1) is 48.3 Å². The highest BCUT2D eigenvalue weighted by molar-refractivity contribution is 7.07. The van der Waals surface area contributed by atoms with E-state index >= 15 is 0 Å². The van der Waals surface area contributed by atoms with Gasteiger partial charge in [-0.3, -0.25) is 9.36 Å². The molecule has 4 rings (SSSR count). The van der Waals surface area contributed by atoms with E-state index in [1.54, 1.807) is 52.2 Å². The molecule has 1 aromatic heterocycles. The summed E-state index contributed by atoms with van der Waals surface area (Å²) in [7, 11) is 1.56. The first kappa shape index (κ1) is 30.9. The van der Waals surface area contributed by atoms with Crippen molar-refractivity contribution in [2.45, 2.75) is 66.0 Å². The smallest absolute Gasteiger partial charge is 0.338 e. The SMILES string of the molecule is CCCCCOc1ccc(C2C(C(=O)OC(C)C)=C(C)N=c3s/c(=C\c4ccc(O)c(OCC)c4)c(=O)n32)cc1OC. The first-order valence-corrected chi connectivity index (χ1v) is 15.0. The Morgan fingerprint density at radius 3 is 2.57 bits per heavy atom. The summed E-state index contributed by atoms with van der Waals surface area (Å²) in [6, 6.07) is 9.56. The zero-order chi connectivity index (χ0) is 30.4. The Labute approximate surface area is 249 Å². The van der Waals surface area contributed by atoms with Gasteiger partial charge in [0.25, 0.3) is 5.56 Å². The molecule has 1 aliphatic heterocycles. The first-order chi connectivity index (χ1) is 20.2. The molecule has 0 aliphatic carbocycles. The van der Waals surface area contributed by atoms with Crippen LogP contribution in [0.5, 0.6) is 23.0 Å². The molecule has 9 nitrogen and oxygen atoms in total. The number of nitrogens with zero attached hydrogens (tertiary/aromatic N) is 2. The second kappa shape index (κ2) is 13.7. The van der Waals surface area contributed by atoms with Crippen LogP contribution in [0.25, 0.3) is 6.08 Å². The predicted octanol–water partition coefficient (Wildman–Crippen LogP) is 4.87. The number of benzene rings is 2. The zero-order valence-corrected chi connectivity index (χ0v) is 25.7. The van der Waals surface area contributed by atoms with Gasteiger partial charge >= 0.3 is 5.97 Å². The molecule has 0 saturated heterocycles. The Hall–Kier alpha value is -4.05. The summed E-state index contributed by atoms with van der Waals surface area (Å²) in [6.45, 7) is 10.2. The minimum Gasteiger partial charge on any atom is -0.504 e. The molecular weight excluding hydrogens is 556 g/mol. The fourth-order valence-corrected chi connectivity index (χ4v) is 5.77. The molecule has 1 unspecified atom stereocenters. The van der Waals surface area contributed by atoms with Crippen molar-refractivity contribution in [1.29, 1.82) is 0 Å². The fourth-order valence-electron chi connectivity index (χ4n) is 4.73. The van der Waals surface area contributed by atoms with Gasteiger partial charge in [0, 0.05) is 0 Å². The third-order valence-electron chi connectivity index (χ3n) is 6.67. The number of aromatic hydroxyl groups is 1. The fraction of sp³-hybridized carbons (Fsp3) is 0.406. The number of carbonyl (C=O) groups is 1. The average molecular weight is 595 g/mol. The van der Waals surface area contributed by atoms with Crippen LogP contribution in [0.2, 0.25) is 0 Å². The molecule has 0 spiro atoms. The maximum Gasteiger partial charge on any atom is 0.338 e. The van der Waals surface area contributed by atoms with Crippen molar-refractivity contribution < 1.29 is 28.8 Å². The van der Waals surface area contributed by atoms with Crippen molar-refractivity contribution in [3.05, 3.63) is 78.5 Å². The van der Waals surface area contributed by atoms with E-state index in [0.717, 1.165) is 19.3 Å². The maximum absolute atomic E-state index is 14.0. The van der Waals surface area contributed by atoms with E-state index < -0.39 is 12.0 Å². The highest BCUT2D eigenvalue weighted by Crippen LogP contribution is 2.36. The van der Waals surface area contributed by atoms with Crippen molar-refractivity contribution in [1.82, 2.24) is 4.57 Å². The Balaban J connectivity index is 1.86. The number of ether oxygens (including phenoxy) is 4. The number of fused-ring (bicyclic) bond motifs is 1. The predicted molar refractivity (Wildman–Crippen MR) is 162 cm³/mol. The summed E-state index contributed by atoms with van der Waals surface area (Å²) < 4.78 is 24.7. The number of methoxy groups -OCH3 is 1. The van der Waals surface area contributed by atoms with E-state index in [2.05, 4.69) is 11.9 Å². The third kappa shape index (κ3) is 6.70. The molecule has 42 heavy (non-hydrogen) atoms. The summed E-state index contributed by atoms with van der Waals surface area (Å²) in [5.74, 6) is 0.907. The molecule has 1 N–H and O–H groups in total. The number of phenols is 1. The Bertz CT molecular complexity index is 1650. The number of aromatic nitrogens is 1. The van der Waals surface area contributed by atoms with Gasteiger partial charge in [-0.2, -0.15) is 0 Å². The highest BCUT2D eigenvalue weighted by atomic mass is 32.1. The highest BCUT2D eigenvalue weighted by Gasteiger charge is 2.34. The third-order valence-corrected chi connectivity index (χ3v) is 7.66. The summed E-state index contributed by atoms with van der Waals surface area (Å²) in [4.78, 5) is 32.5. The van der Waals surface area contributed by atoms with E-state index in [9.17, 15) is 14.7 Å².